The minimum atomic E-state index is -0.490. The Morgan fingerprint density at radius 1 is 1.25 bits per heavy atom. The summed E-state index contributed by atoms with van der Waals surface area (Å²) in [5, 5.41) is 0.473. The highest BCUT2D eigenvalue weighted by Crippen LogP contribution is 2.10. The molecule has 2 aromatic rings. The van der Waals surface area contributed by atoms with Crippen molar-refractivity contribution >= 4 is 29.6 Å². The Balaban J connectivity index is 2.67. The Morgan fingerprint density at radius 2 is 2.06 bits per heavy atom. The number of nitrogens with one attached hydrogen (secondary N) is 2. The Kier molecular flexibility index (Phi) is 2.96. The molecule has 0 saturated carbocycles. The zero-order valence-corrected chi connectivity index (χ0v) is 9.25. The number of hydrogen-bond donors (Lipinski definition) is 3. The van der Waals surface area contributed by atoms with Crippen molar-refractivity contribution in [2.45, 2.75) is 0 Å². The second-order valence-electron chi connectivity index (χ2n) is 3.30. The van der Waals surface area contributed by atoms with Gasteiger partial charge in [-0.15, -0.1) is 0 Å². The molecule has 0 aliphatic carbocycles. The van der Waals surface area contributed by atoms with Gasteiger partial charge in [0, 0.05) is 5.75 Å². The van der Waals surface area contributed by atoms with Gasteiger partial charge >= 0.3 is 5.69 Å². The highest BCUT2D eigenvalue weighted by atomic mass is 32.1. The molecule has 0 aliphatic rings. The van der Waals surface area contributed by atoms with Crippen LogP contribution in [0.3, 0.4) is 0 Å². The van der Waals surface area contributed by atoms with Gasteiger partial charge in [-0.3, -0.25) is 9.78 Å². The first-order valence-corrected chi connectivity index (χ1v) is 5.38. The van der Waals surface area contributed by atoms with Crippen LogP contribution in [0.25, 0.3) is 17.0 Å². The molecule has 0 spiro atoms. The van der Waals surface area contributed by atoms with Crippen LogP contribution in [0.15, 0.2) is 33.9 Å². The quantitative estimate of drug-likeness (QED) is 0.683. The summed E-state index contributed by atoms with van der Waals surface area (Å²) in [6, 6.07) is 5.27. The number of fused-ring (bicyclic) bond motifs is 1. The van der Waals surface area contributed by atoms with Crippen LogP contribution < -0.4 is 11.2 Å². The second kappa shape index (κ2) is 4.40. The van der Waals surface area contributed by atoms with Crippen molar-refractivity contribution in [2.24, 2.45) is 0 Å². The number of thiol groups is 1. The van der Waals surface area contributed by atoms with E-state index in [-0.39, 0.29) is 5.56 Å². The van der Waals surface area contributed by atoms with Crippen molar-refractivity contribution in [1.29, 1.82) is 0 Å². The van der Waals surface area contributed by atoms with Crippen molar-refractivity contribution in [1.82, 2.24) is 9.97 Å². The maximum Gasteiger partial charge on any atom is 0.326 e. The zero-order valence-electron chi connectivity index (χ0n) is 8.36. The highest BCUT2D eigenvalue weighted by Gasteiger charge is 2.00. The van der Waals surface area contributed by atoms with Crippen LogP contribution in [0, 0.1) is 0 Å². The maximum absolute atomic E-state index is 11.5. The lowest BCUT2D eigenvalue weighted by atomic mass is 10.1. The van der Waals surface area contributed by atoms with Gasteiger partial charge in [0.15, 0.2) is 0 Å². The number of hydrogen-bond acceptors (Lipinski definition) is 3. The van der Waals surface area contributed by atoms with Gasteiger partial charge in [0.25, 0.3) is 5.56 Å². The number of aromatic amines is 2. The van der Waals surface area contributed by atoms with E-state index >= 15 is 0 Å². The number of rotatable bonds is 2. The summed E-state index contributed by atoms with van der Waals surface area (Å²) in [4.78, 5) is 27.3. The molecule has 0 amide bonds. The Labute approximate surface area is 96.4 Å². The van der Waals surface area contributed by atoms with Crippen molar-refractivity contribution < 1.29 is 0 Å². The molecule has 0 atom stereocenters. The first-order valence-electron chi connectivity index (χ1n) is 4.74. The van der Waals surface area contributed by atoms with Gasteiger partial charge in [-0.05, 0) is 17.7 Å². The molecular formula is C11H10N2O2S. The average molecular weight is 234 g/mol. The first kappa shape index (κ1) is 10.8. The summed E-state index contributed by atoms with van der Waals surface area (Å²) < 4.78 is 0. The van der Waals surface area contributed by atoms with Gasteiger partial charge in [-0.25, -0.2) is 4.79 Å². The number of H-pyrrole nitrogens is 2. The lowest BCUT2D eigenvalue weighted by molar-refractivity contribution is 1.08. The molecule has 0 unspecified atom stereocenters. The fourth-order valence-corrected chi connectivity index (χ4v) is 1.58. The molecule has 1 heterocycles. The monoisotopic (exact) mass is 234 g/mol. The zero-order chi connectivity index (χ0) is 11.5. The van der Waals surface area contributed by atoms with Crippen molar-refractivity contribution in [3.05, 3.63) is 50.7 Å². The molecule has 16 heavy (non-hydrogen) atoms. The Bertz CT molecular complexity index is 655. The largest absolute Gasteiger partial charge is 0.326 e. The van der Waals surface area contributed by atoms with E-state index in [0.29, 0.717) is 16.7 Å². The lowest BCUT2D eigenvalue weighted by Gasteiger charge is -1.98. The van der Waals surface area contributed by atoms with E-state index in [1.165, 1.54) is 0 Å². The van der Waals surface area contributed by atoms with Crippen molar-refractivity contribution in [3.8, 4) is 0 Å². The molecule has 2 rings (SSSR count). The van der Waals surface area contributed by atoms with Gasteiger partial charge < -0.3 is 4.98 Å². The molecule has 82 valence electrons. The predicted octanol–water partition coefficient (Wildman–Crippen LogP) is 1.16. The van der Waals surface area contributed by atoms with E-state index in [4.69, 9.17) is 0 Å². The molecule has 0 saturated heterocycles. The fraction of sp³-hybridized carbons (Fsp3) is 0.0909. The standard InChI is InChI=1S/C11H10N2O2S/c14-10-8-6-7(2-1-5-16)3-4-9(8)12-11(15)13-10/h1-4,6,16H,5H2,(H2,12,13,14,15). The van der Waals surface area contributed by atoms with E-state index in [1.54, 1.807) is 12.1 Å². The normalized spacial score (nSPS) is 11.3. The third-order valence-corrected chi connectivity index (χ3v) is 2.39. The molecule has 0 bridgehead atoms. The minimum Gasteiger partial charge on any atom is -0.307 e. The highest BCUT2D eigenvalue weighted by molar-refractivity contribution is 7.80. The summed E-state index contributed by atoms with van der Waals surface area (Å²) in [6.45, 7) is 0. The van der Waals surface area contributed by atoms with Crippen LogP contribution >= 0.6 is 12.6 Å². The second-order valence-corrected chi connectivity index (χ2v) is 3.66. The topological polar surface area (TPSA) is 65.7 Å². The van der Waals surface area contributed by atoms with Crippen molar-refractivity contribution in [2.75, 3.05) is 5.75 Å². The van der Waals surface area contributed by atoms with Crippen LogP contribution in [-0.2, 0) is 0 Å². The van der Waals surface area contributed by atoms with Crippen LogP contribution in [0.1, 0.15) is 5.56 Å². The summed E-state index contributed by atoms with van der Waals surface area (Å²) >= 11 is 4.06. The van der Waals surface area contributed by atoms with E-state index in [2.05, 4.69) is 22.6 Å². The summed E-state index contributed by atoms with van der Waals surface area (Å²) in [7, 11) is 0. The minimum absolute atomic E-state index is 0.375. The van der Waals surface area contributed by atoms with E-state index < -0.39 is 5.69 Å². The van der Waals surface area contributed by atoms with E-state index in [0.717, 1.165) is 5.56 Å². The van der Waals surface area contributed by atoms with Crippen molar-refractivity contribution in [3.63, 3.8) is 0 Å². The molecule has 0 fully saturated rings. The first-order chi connectivity index (χ1) is 7.70. The molecular weight excluding hydrogens is 224 g/mol. The Morgan fingerprint density at radius 3 is 2.81 bits per heavy atom. The maximum atomic E-state index is 11.5. The molecule has 0 aliphatic heterocycles. The van der Waals surface area contributed by atoms with Gasteiger partial charge in [0.1, 0.15) is 0 Å². The average Bonchev–Trinajstić information content (AvgIpc) is 2.26. The van der Waals surface area contributed by atoms with E-state index in [9.17, 15) is 9.59 Å². The third kappa shape index (κ3) is 2.09. The molecule has 1 aromatic carbocycles. The fourth-order valence-electron chi connectivity index (χ4n) is 1.48. The van der Waals surface area contributed by atoms with Crippen LogP contribution in [0.2, 0.25) is 0 Å². The summed E-state index contributed by atoms with van der Waals surface area (Å²) in [6.07, 6.45) is 3.75. The third-order valence-electron chi connectivity index (χ3n) is 2.18. The van der Waals surface area contributed by atoms with Gasteiger partial charge in [-0.2, -0.15) is 12.6 Å². The van der Waals surface area contributed by atoms with E-state index in [1.807, 2.05) is 18.2 Å². The molecule has 5 heteroatoms. The smallest absolute Gasteiger partial charge is 0.307 e. The summed E-state index contributed by atoms with van der Waals surface area (Å²) in [5.74, 6) is 0.639. The van der Waals surface area contributed by atoms with Gasteiger partial charge in [-0.1, -0.05) is 18.2 Å². The van der Waals surface area contributed by atoms with Gasteiger partial charge in [0.2, 0.25) is 0 Å². The van der Waals surface area contributed by atoms with Crippen LogP contribution in [0.5, 0.6) is 0 Å². The van der Waals surface area contributed by atoms with Gasteiger partial charge in [0.05, 0.1) is 10.9 Å². The number of aromatic nitrogens is 2. The summed E-state index contributed by atoms with van der Waals surface area (Å²) in [5.41, 5.74) is 0.576. The Hall–Kier alpha value is -1.75. The van der Waals surface area contributed by atoms with Crippen LogP contribution in [-0.4, -0.2) is 15.7 Å². The SMILES string of the molecule is O=c1[nH]c(=O)c2cc(C=CCS)ccc2[nH]1. The number of benzene rings is 1. The lowest BCUT2D eigenvalue weighted by Crippen LogP contribution is -2.21. The van der Waals surface area contributed by atoms with Crippen LogP contribution in [0.4, 0.5) is 0 Å². The predicted molar refractivity (Wildman–Crippen MR) is 68.1 cm³/mol. The molecule has 4 nitrogen and oxygen atoms in total. The molecule has 0 radical (unpaired) electrons. The molecule has 2 N–H and O–H groups in total. The molecule has 1 aromatic heterocycles.